The first kappa shape index (κ1) is 18.9. The van der Waals surface area contributed by atoms with Crippen molar-refractivity contribution in [3.8, 4) is 11.3 Å². The molecule has 0 radical (unpaired) electrons. The lowest BCUT2D eigenvalue weighted by atomic mass is 10.0. The molecule has 0 bridgehead atoms. The number of nitrogens with zero attached hydrogens (tertiary/aromatic N) is 3. The van der Waals surface area contributed by atoms with E-state index < -0.39 is 0 Å². The number of hydrogen-bond acceptors (Lipinski definition) is 6. The Kier molecular flexibility index (Phi) is 6.08. The van der Waals surface area contributed by atoms with Crippen molar-refractivity contribution in [3.63, 3.8) is 0 Å². The number of piperidine rings is 1. The van der Waals surface area contributed by atoms with Gasteiger partial charge in [-0.3, -0.25) is 0 Å². The highest BCUT2D eigenvalue weighted by atomic mass is 32.1. The van der Waals surface area contributed by atoms with E-state index in [1.807, 2.05) is 0 Å². The van der Waals surface area contributed by atoms with Crippen molar-refractivity contribution in [3.05, 3.63) is 34.7 Å². The van der Waals surface area contributed by atoms with Crippen LogP contribution in [0.25, 0.3) is 11.3 Å². The third kappa shape index (κ3) is 4.69. The van der Waals surface area contributed by atoms with Crippen LogP contribution in [0.3, 0.4) is 0 Å². The molecule has 1 unspecified atom stereocenters. The Balaban J connectivity index is 1.29. The highest BCUT2D eigenvalue weighted by Crippen LogP contribution is 2.27. The SMILES string of the molecule is Cc1nc(-c2ccc(N3CCC(N(C)CC4COCCO4)CC3)cc2)cs1. The summed E-state index contributed by atoms with van der Waals surface area (Å²) in [6.45, 7) is 7.42. The molecule has 27 heavy (non-hydrogen) atoms. The number of benzene rings is 1. The van der Waals surface area contributed by atoms with E-state index in [2.05, 4.69) is 58.4 Å². The van der Waals surface area contributed by atoms with Crippen molar-refractivity contribution in [1.82, 2.24) is 9.88 Å². The average molecular weight is 388 g/mol. The molecule has 2 aromatic rings. The fraction of sp³-hybridized carbons (Fsp3) is 0.571. The van der Waals surface area contributed by atoms with Crippen molar-refractivity contribution >= 4 is 17.0 Å². The molecule has 2 aliphatic rings. The van der Waals surface area contributed by atoms with Crippen molar-refractivity contribution in [1.29, 1.82) is 0 Å². The van der Waals surface area contributed by atoms with Gasteiger partial charge in [-0.05, 0) is 38.9 Å². The average Bonchev–Trinajstić information content (AvgIpc) is 3.15. The van der Waals surface area contributed by atoms with Crippen LogP contribution in [-0.4, -0.2) is 68.5 Å². The van der Waals surface area contributed by atoms with Gasteiger partial charge >= 0.3 is 0 Å². The first-order chi connectivity index (χ1) is 13.2. The monoisotopic (exact) mass is 387 g/mol. The number of aryl methyl sites for hydroxylation is 1. The molecule has 1 atom stereocenters. The summed E-state index contributed by atoms with van der Waals surface area (Å²) in [7, 11) is 2.23. The quantitative estimate of drug-likeness (QED) is 0.786. The first-order valence-corrected chi connectivity index (χ1v) is 10.7. The molecule has 4 rings (SSSR count). The summed E-state index contributed by atoms with van der Waals surface area (Å²) >= 11 is 1.70. The summed E-state index contributed by atoms with van der Waals surface area (Å²) in [5, 5.41) is 3.25. The van der Waals surface area contributed by atoms with Crippen LogP contribution in [0, 0.1) is 6.92 Å². The van der Waals surface area contributed by atoms with Crippen LogP contribution < -0.4 is 4.90 Å². The summed E-state index contributed by atoms with van der Waals surface area (Å²) < 4.78 is 11.3. The van der Waals surface area contributed by atoms with Crippen molar-refractivity contribution < 1.29 is 9.47 Å². The van der Waals surface area contributed by atoms with Gasteiger partial charge in [0.2, 0.25) is 0 Å². The molecule has 3 heterocycles. The van der Waals surface area contributed by atoms with Crippen LogP contribution >= 0.6 is 11.3 Å². The minimum atomic E-state index is 0.226. The van der Waals surface area contributed by atoms with Crippen molar-refractivity contribution in [2.45, 2.75) is 31.9 Å². The minimum Gasteiger partial charge on any atom is -0.376 e. The molecule has 2 fully saturated rings. The number of anilines is 1. The van der Waals surface area contributed by atoms with Gasteiger partial charge in [0.1, 0.15) is 0 Å². The predicted molar refractivity (Wildman–Crippen MR) is 111 cm³/mol. The fourth-order valence-corrected chi connectivity index (χ4v) is 4.64. The minimum absolute atomic E-state index is 0.226. The Morgan fingerprint density at radius 2 is 1.96 bits per heavy atom. The van der Waals surface area contributed by atoms with Gasteiger partial charge < -0.3 is 19.3 Å². The molecule has 0 amide bonds. The van der Waals surface area contributed by atoms with Gasteiger partial charge in [0.25, 0.3) is 0 Å². The second-order valence-corrected chi connectivity index (χ2v) is 8.59. The lowest BCUT2D eigenvalue weighted by Gasteiger charge is -2.39. The fourth-order valence-electron chi connectivity index (χ4n) is 4.02. The van der Waals surface area contributed by atoms with Gasteiger partial charge in [-0.2, -0.15) is 0 Å². The van der Waals surface area contributed by atoms with Gasteiger partial charge in [0.05, 0.1) is 36.6 Å². The lowest BCUT2D eigenvalue weighted by molar-refractivity contribution is -0.0989. The van der Waals surface area contributed by atoms with E-state index in [9.17, 15) is 0 Å². The van der Waals surface area contributed by atoms with Crippen LogP contribution in [0.4, 0.5) is 5.69 Å². The zero-order valence-electron chi connectivity index (χ0n) is 16.3. The van der Waals surface area contributed by atoms with E-state index in [4.69, 9.17) is 9.47 Å². The maximum absolute atomic E-state index is 5.80. The molecule has 0 aliphatic carbocycles. The molecule has 2 aliphatic heterocycles. The molecule has 146 valence electrons. The molecule has 2 saturated heterocycles. The first-order valence-electron chi connectivity index (χ1n) is 9.86. The molecular weight excluding hydrogens is 358 g/mol. The Morgan fingerprint density at radius 1 is 1.19 bits per heavy atom. The highest BCUT2D eigenvalue weighted by Gasteiger charge is 2.25. The molecular formula is C21H29N3O2S. The maximum atomic E-state index is 5.80. The van der Waals surface area contributed by atoms with Crippen LogP contribution in [0.5, 0.6) is 0 Å². The molecule has 1 aromatic carbocycles. The van der Waals surface area contributed by atoms with Crippen LogP contribution in [0.15, 0.2) is 29.6 Å². The smallest absolute Gasteiger partial charge is 0.0936 e. The lowest BCUT2D eigenvalue weighted by Crippen LogP contribution is -2.47. The Hall–Kier alpha value is -1.47. The third-order valence-corrected chi connectivity index (χ3v) is 6.39. The van der Waals surface area contributed by atoms with Crippen molar-refractivity contribution in [2.24, 2.45) is 0 Å². The summed E-state index contributed by atoms with van der Waals surface area (Å²) in [6.07, 6.45) is 2.61. The van der Waals surface area contributed by atoms with E-state index in [0.29, 0.717) is 6.04 Å². The second kappa shape index (κ2) is 8.69. The number of thiazole rings is 1. The number of hydrogen-bond donors (Lipinski definition) is 0. The summed E-state index contributed by atoms with van der Waals surface area (Å²) in [5.74, 6) is 0. The van der Waals surface area contributed by atoms with Crippen molar-refractivity contribution in [2.75, 3.05) is 51.4 Å². The van der Waals surface area contributed by atoms with Gasteiger partial charge in [-0.25, -0.2) is 4.98 Å². The van der Waals surface area contributed by atoms with Gasteiger partial charge in [0.15, 0.2) is 0 Å². The normalized spacial score (nSPS) is 21.7. The summed E-state index contributed by atoms with van der Waals surface area (Å²) in [6, 6.07) is 9.50. The van der Waals surface area contributed by atoms with Gasteiger partial charge in [0, 0.05) is 42.3 Å². The van der Waals surface area contributed by atoms with Crippen LogP contribution in [0.1, 0.15) is 17.8 Å². The molecule has 5 nitrogen and oxygen atoms in total. The van der Waals surface area contributed by atoms with E-state index >= 15 is 0 Å². The number of aromatic nitrogens is 1. The Labute approximate surface area is 165 Å². The van der Waals surface area contributed by atoms with Gasteiger partial charge in [-0.1, -0.05) is 12.1 Å². The molecule has 6 heteroatoms. The van der Waals surface area contributed by atoms with E-state index in [1.54, 1.807) is 11.3 Å². The zero-order valence-corrected chi connectivity index (χ0v) is 17.1. The zero-order chi connectivity index (χ0) is 18.6. The molecule has 0 N–H and O–H groups in total. The van der Waals surface area contributed by atoms with Crippen LogP contribution in [0.2, 0.25) is 0 Å². The Morgan fingerprint density at radius 3 is 2.59 bits per heavy atom. The summed E-state index contributed by atoms with van der Waals surface area (Å²) in [5.41, 5.74) is 3.60. The maximum Gasteiger partial charge on any atom is 0.0936 e. The van der Waals surface area contributed by atoms with E-state index in [-0.39, 0.29) is 6.10 Å². The summed E-state index contributed by atoms with van der Waals surface area (Å²) in [4.78, 5) is 9.54. The van der Waals surface area contributed by atoms with Crippen LogP contribution in [-0.2, 0) is 9.47 Å². The number of ether oxygens (including phenoxy) is 2. The number of likely N-dealkylation sites (N-methyl/N-ethyl adjacent to an activating group) is 1. The number of rotatable bonds is 5. The van der Waals surface area contributed by atoms with Gasteiger partial charge in [-0.15, -0.1) is 11.3 Å². The van der Waals surface area contributed by atoms with E-state index in [0.717, 1.165) is 50.2 Å². The predicted octanol–water partition coefficient (Wildman–Crippen LogP) is 3.43. The highest BCUT2D eigenvalue weighted by molar-refractivity contribution is 7.09. The standard InChI is InChI=1S/C21H29N3O2S/c1-16-22-21(15-27-16)17-3-5-19(6-4-17)24-9-7-18(8-10-24)23(2)13-20-14-25-11-12-26-20/h3-6,15,18,20H,7-14H2,1-2H3. The Bertz CT molecular complexity index is 719. The topological polar surface area (TPSA) is 37.8 Å². The largest absolute Gasteiger partial charge is 0.376 e. The molecule has 0 spiro atoms. The third-order valence-electron chi connectivity index (χ3n) is 5.61. The second-order valence-electron chi connectivity index (χ2n) is 7.52. The van der Waals surface area contributed by atoms with E-state index in [1.165, 1.54) is 24.1 Å². The molecule has 1 aromatic heterocycles. The molecule has 0 saturated carbocycles.